The number of benzene rings is 1. The molecule has 0 aliphatic rings. The number of ether oxygens (including phenoxy) is 2. The molecule has 0 spiro atoms. The van der Waals surface area contributed by atoms with Crippen molar-refractivity contribution in [3.05, 3.63) is 64.6 Å². The van der Waals surface area contributed by atoms with Gasteiger partial charge in [-0.1, -0.05) is 6.08 Å². The number of nitrogens with one attached hydrogen (secondary N) is 2. The van der Waals surface area contributed by atoms with E-state index in [-0.39, 0.29) is 24.6 Å². The molecule has 0 saturated carbocycles. The Hall–Kier alpha value is -4.68. The standard InChI is InChI=1S/C24H28FN5O4.C2H5NO2/c1-24(2,3)34-18-13-15(25)12-17-22(18)29-20(27-17)14-30-11-7-8-16(23(30)33)28-21(32)10-6-4-5-9-19(26)31;1-5-2(3)4/h5,7-9,11-13H,4,6,10,14H2,1-3H3,(H2,26,31)(H,27,29)(H,28,32);1H3,(H2,3,4)/b9-5+;. The molecule has 13 heteroatoms. The molecule has 6 N–H and O–H groups in total. The van der Waals surface area contributed by atoms with Crippen LogP contribution in [0.4, 0.5) is 14.9 Å². The quantitative estimate of drug-likeness (QED) is 0.236. The number of rotatable bonds is 9. The monoisotopic (exact) mass is 544 g/mol. The number of hydrogen-bond acceptors (Lipinski definition) is 7. The third-order valence-electron chi connectivity index (χ3n) is 4.85. The molecular formula is C26H33FN6O6. The first-order valence-corrected chi connectivity index (χ1v) is 11.9. The third-order valence-corrected chi connectivity index (χ3v) is 4.85. The maximum atomic E-state index is 14.1. The molecule has 0 unspecified atom stereocenters. The number of primary amides is 2. The van der Waals surface area contributed by atoms with Crippen molar-refractivity contribution in [3.8, 4) is 5.75 Å². The highest BCUT2D eigenvalue weighted by Gasteiger charge is 2.18. The average molecular weight is 545 g/mol. The van der Waals surface area contributed by atoms with E-state index in [1.165, 1.54) is 36.0 Å². The molecule has 12 nitrogen and oxygen atoms in total. The van der Waals surface area contributed by atoms with Crippen molar-refractivity contribution in [2.45, 2.75) is 52.2 Å². The molecule has 0 bridgehead atoms. The van der Waals surface area contributed by atoms with Gasteiger partial charge in [0, 0.05) is 18.7 Å². The second kappa shape index (κ2) is 13.7. The second-order valence-electron chi connectivity index (χ2n) is 9.32. The molecule has 2 aromatic heterocycles. The minimum atomic E-state index is -0.745. The molecule has 3 aromatic rings. The van der Waals surface area contributed by atoms with Gasteiger partial charge in [0.25, 0.3) is 5.56 Å². The van der Waals surface area contributed by atoms with Crippen LogP contribution in [-0.2, 0) is 20.9 Å². The normalized spacial score (nSPS) is 11.1. The van der Waals surface area contributed by atoms with Crippen LogP contribution >= 0.6 is 0 Å². The number of halogens is 1. The Kier molecular flexibility index (Phi) is 10.8. The Morgan fingerprint density at radius 1 is 1.23 bits per heavy atom. The number of nitrogens with two attached hydrogens (primary N) is 2. The summed E-state index contributed by atoms with van der Waals surface area (Å²) in [5.74, 6) is -0.573. The fourth-order valence-electron chi connectivity index (χ4n) is 3.30. The number of carbonyl (C=O) groups is 3. The number of H-pyrrole nitrogens is 1. The lowest BCUT2D eigenvalue weighted by atomic mass is 10.2. The molecule has 0 aliphatic carbocycles. The lowest BCUT2D eigenvalue weighted by molar-refractivity contribution is -0.116. The van der Waals surface area contributed by atoms with Gasteiger partial charge in [-0.3, -0.25) is 14.4 Å². The maximum Gasteiger partial charge on any atom is 0.404 e. The molecule has 0 fully saturated rings. The average Bonchev–Trinajstić information content (AvgIpc) is 3.23. The number of hydrogen-bond donors (Lipinski definition) is 4. The number of allylic oxidation sites excluding steroid dienone is 1. The lowest BCUT2D eigenvalue weighted by Gasteiger charge is -2.21. The SMILES string of the molecule is CC(C)(C)Oc1cc(F)cc2[nH]c(Cn3cccc(NC(=O)CCC/C=C/C(N)=O)c3=O)nc12.COC(N)=O. The molecule has 0 atom stereocenters. The largest absolute Gasteiger partial charge is 0.486 e. The van der Waals surface area contributed by atoms with Crippen LogP contribution in [0.2, 0.25) is 0 Å². The van der Waals surface area contributed by atoms with Gasteiger partial charge in [0.15, 0.2) is 5.75 Å². The van der Waals surface area contributed by atoms with Crippen molar-refractivity contribution in [3.63, 3.8) is 0 Å². The number of aromatic nitrogens is 3. The van der Waals surface area contributed by atoms with Crippen LogP contribution in [0, 0.1) is 5.82 Å². The Morgan fingerprint density at radius 3 is 2.54 bits per heavy atom. The summed E-state index contributed by atoms with van der Waals surface area (Å²) < 4.78 is 25.2. The lowest BCUT2D eigenvalue weighted by Crippen LogP contribution is -2.26. The van der Waals surface area contributed by atoms with Crippen LogP contribution in [0.3, 0.4) is 0 Å². The number of nitrogens with zero attached hydrogens (tertiary/aromatic N) is 2. The predicted octanol–water partition coefficient (Wildman–Crippen LogP) is 2.95. The van der Waals surface area contributed by atoms with Gasteiger partial charge in [-0.2, -0.15) is 0 Å². The van der Waals surface area contributed by atoms with Crippen molar-refractivity contribution in [1.29, 1.82) is 0 Å². The number of aromatic amines is 1. The van der Waals surface area contributed by atoms with E-state index in [0.29, 0.717) is 35.4 Å². The molecule has 39 heavy (non-hydrogen) atoms. The van der Waals surface area contributed by atoms with Gasteiger partial charge in [0.2, 0.25) is 11.8 Å². The zero-order chi connectivity index (χ0) is 29.2. The Morgan fingerprint density at radius 2 is 1.92 bits per heavy atom. The van der Waals surface area contributed by atoms with Crippen LogP contribution in [-0.4, -0.2) is 45.2 Å². The van der Waals surface area contributed by atoms with E-state index in [9.17, 15) is 23.6 Å². The number of imidazole rings is 1. The second-order valence-corrected chi connectivity index (χ2v) is 9.32. The van der Waals surface area contributed by atoms with Crippen molar-refractivity contribution in [2.24, 2.45) is 11.5 Å². The first-order valence-electron chi connectivity index (χ1n) is 11.9. The van der Waals surface area contributed by atoms with Crippen LogP contribution < -0.4 is 27.1 Å². The van der Waals surface area contributed by atoms with E-state index in [4.69, 9.17) is 10.5 Å². The Labute approximate surface area is 224 Å². The number of fused-ring (bicyclic) bond motifs is 1. The minimum absolute atomic E-state index is 0.0890. The van der Waals surface area contributed by atoms with E-state index in [2.05, 4.69) is 25.8 Å². The number of carbonyl (C=O) groups excluding carboxylic acids is 3. The van der Waals surface area contributed by atoms with E-state index < -0.39 is 29.0 Å². The van der Waals surface area contributed by atoms with Crippen LogP contribution in [0.5, 0.6) is 5.75 Å². The summed E-state index contributed by atoms with van der Waals surface area (Å²) in [4.78, 5) is 52.6. The minimum Gasteiger partial charge on any atom is -0.486 e. The zero-order valence-electron chi connectivity index (χ0n) is 22.2. The van der Waals surface area contributed by atoms with E-state index in [1.54, 1.807) is 18.3 Å². The fraction of sp³-hybridized carbons (Fsp3) is 0.346. The zero-order valence-corrected chi connectivity index (χ0v) is 22.2. The third kappa shape index (κ3) is 10.3. The molecule has 0 saturated heterocycles. The van der Waals surface area contributed by atoms with Gasteiger partial charge in [0.1, 0.15) is 28.4 Å². The van der Waals surface area contributed by atoms with E-state index in [0.717, 1.165) is 0 Å². The first kappa shape index (κ1) is 30.5. The molecule has 2 heterocycles. The summed E-state index contributed by atoms with van der Waals surface area (Å²) >= 11 is 0. The summed E-state index contributed by atoms with van der Waals surface area (Å²) in [6.07, 6.45) is 4.88. The summed E-state index contributed by atoms with van der Waals surface area (Å²) in [6.45, 7) is 5.66. The highest BCUT2D eigenvalue weighted by atomic mass is 19.1. The Balaban J connectivity index is 0.000000976. The topological polar surface area (TPSA) is 184 Å². The molecule has 0 aliphatic heterocycles. The first-order chi connectivity index (χ1) is 18.3. The number of pyridine rings is 1. The molecule has 0 radical (unpaired) electrons. The number of unbranched alkanes of at least 4 members (excludes halogenated alkanes) is 1. The summed E-state index contributed by atoms with van der Waals surface area (Å²) in [5, 5.41) is 2.62. The van der Waals surface area contributed by atoms with Gasteiger partial charge < -0.3 is 35.8 Å². The number of methoxy groups -OCH3 is 1. The fourth-order valence-corrected chi connectivity index (χ4v) is 3.30. The van der Waals surface area contributed by atoms with E-state index >= 15 is 0 Å². The molecule has 3 rings (SSSR count). The van der Waals surface area contributed by atoms with Crippen molar-refractivity contribution in [2.75, 3.05) is 12.4 Å². The Bertz CT molecular complexity index is 1410. The van der Waals surface area contributed by atoms with Crippen molar-refractivity contribution < 1.29 is 28.2 Å². The molecule has 210 valence electrons. The maximum absolute atomic E-state index is 14.1. The highest BCUT2D eigenvalue weighted by Crippen LogP contribution is 2.28. The van der Waals surface area contributed by atoms with Crippen LogP contribution in [0.15, 0.2) is 47.4 Å². The van der Waals surface area contributed by atoms with Gasteiger partial charge >= 0.3 is 6.09 Å². The predicted molar refractivity (Wildman–Crippen MR) is 144 cm³/mol. The van der Waals surface area contributed by atoms with Crippen molar-refractivity contribution >= 4 is 34.6 Å². The summed E-state index contributed by atoms with van der Waals surface area (Å²) in [5.41, 5.74) is 9.56. The number of anilines is 1. The molecule has 3 amide bonds. The van der Waals surface area contributed by atoms with Gasteiger partial charge in [0.05, 0.1) is 19.2 Å². The molecule has 1 aromatic carbocycles. The van der Waals surface area contributed by atoms with Gasteiger partial charge in [-0.15, -0.1) is 0 Å². The molecular weight excluding hydrogens is 511 g/mol. The highest BCUT2D eigenvalue weighted by molar-refractivity contribution is 5.90. The van der Waals surface area contributed by atoms with Gasteiger partial charge in [-0.05, 0) is 57.9 Å². The van der Waals surface area contributed by atoms with E-state index in [1.807, 2.05) is 20.8 Å². The summed E-state index contributed by atoms with van der Waals surface area (Å²) in [6, 6.07) is 5.76. The summed E-state index contributed by atoms with van der Waals surface area (Å²) in [7, 11) is 1.22. The van der Waals surface area contributed by atoms with Crippen LogP contribution in [0.1, 0.15) is 45.9 Å². The van der Waals surface area contributed by atoms with Crippen molar-refractivity contribution in [1.82, 2.24) is 14.5 Å². The number of amides is 3. The van der Waals surface area contributed by atoms with Crippen LogP contribution in [0.25, 0.3) is 11.0 Å². The van der Waals surface area contributed by atoms with Gasteiger partial charge in [-0.25, -0.2) is 14.2 Å². The smallest absolute Gasteiger partial charge is 0.404 e.